The number of nitriles is 1. The normalized spacial score (nSPS) is 15.1. The second-order valence-corrected chi connectivity index (χ2v) is 6.56. The molecule has 1 heterocycles. The van der Waals surface area contributed by atoms with Crippen LogP contribution in [0.1, 0.15) is 31.4 Å². The molecule has 1 amide bonds. The number of nitrogens with one attached hydrogen (secondary N) is 1. The van der Waals surface area contributed by atoms with Gasteiger partial charge in [0.25, 0.3) is 0 Å². The van der Waals surface area contributed by atoms with E-state index in [-0.39, 0.29) is 11.2 Å². The molecule has 1 fully saturated rings. The molecule has 3 rings (SSSR count). The lowest BCUT2D eigenvalue weighted by Gasteiger charge is -2.13. The van der Waals surface area contributed by atoms with E-state index in [2.05, 4.69) is 20.9 Å². The monoisotopic (exact) mass is 312 g/mol. The van der Waals surface area contributed by atoms with E-state index >= 15 is 0 Å². The quantitative estimate of drug-likeness (QED) is 0.861. The number of anilines is 1. The topological polar surface area (TPSA) is 70.7 Å². The summed E-state index contributed by atoms with van der Waals surface area (Å²) in [4.78, 5) is 16.7. The van der Waals surface area contributed by atoms with Gasteiger partial charge in [0.05, 0.1) is 16.5 Å². The third-order valence-corrected chi connectivity index (χ3v) is 4.62. The van der Waals surface area contributed by atoms with Gasteiger partial charge in [-0.05, 0) is 31.9 Å². The third kappa shape index (κ3) is 3.15. The molecule has 0 saturated heterocycles. The number of imidazole rings is 1. The number of para-hydroxylation sites is 1. The van der Waals surface area contributed by atoms with Crippen LogP contribution < -0.4 is 5.32 Å². The molecule has 0 unspecified atom stereocenters. The summed E-state index contributed by atoms with van der Waals surface area (Å²) >= 11 is 1.44. The molecule has 1 aliphatic carbocycles. The zero-order valence-corrected chi connectivity index (χ0v) is 13.0. The van der Waals surface area contributed by atoms with Crippen LogP contribution in [0, 0.1) is 11.3 Å². The van der Waals surface area contributed by atoms with E-state index in [1.807, 2.05) is 13.1 Å². The highest BCUT2D eigenvalue weighted by atomic mass is 32.2. The molecule has 0 radical (unpaired) electrons. The number of carbonyl (C=O) groups excluding carboxylic acids is 1. The van der Waals surface area contributed by atoms with Crippen LogP contribution in [0.15, 0.2) is 41.8 Å². The standard InChI is InChI=1S/C16H16N4OS/c1-11(22-16-18-8-9-20(16)13-6-7-13)15(21)19-14-5-3-2-4-12(14)10-17/h2-5,8-9,11,13H,6-7H2,1H3,(H,19,21)/t11-/m1/s1. The fraction of sp³-hybridized carbons (Fsp3) is 0.312. The molecule has 0 aliphatic heterocycles. The number of hydrogen-bond donors (Lipinski definition) is 1. The number of amides is 1. The summed E-state index contributed by atoms with van der Waals surface area (Å²) in [5.74, 6) is -0.127. The fourth-order valence-electron chi connectivity index (χ4n) is 2.16. The first-order valence-corrected chi connectivity index (χ1v) is 8.06. The Hall–Kier alpha value is -2.26. The van der Waals surface area contributed by atoms with Gasteiger partial charge < -0.3 is 9.88 Å². The van der Waals surface area contributed by atoms with E-state index in [0.717, 1.165) is 5.16 Å². The number of aromatic nitrogens is 2. The Bertz CT molecular complexity index is 730. The van der Waals surface area contributed by atoms with Crippen LogP contribution in [0.5, 0.6) is 0 Å². The lowest BCUT2D eigenvalue weighted by atomic mass is 10.2. The number of rotatable bonds is 5. The number of nitrogens with zero attached hydrogens (tertiary/aromatic N) is 3. The van der Waals surface area contributed by atoms with Gasteiger partial charge in [-0.1, -0.05) is 23.9 Å². The zero-order valence-electron chi connectivity index (χ0n) is 12.2. The fourth-order valence-corrected chi connectivity index (χ4v) is 3.09. The number of benzene rings is 1. The van der Waals surface area contributed by atoms with E-state index in [1.54, 1.807) is 30.5 Å². The van der Waals surface area contributed by atoms with Crippen molar-refractivity contribution >= 4 is 23.4 Å². The van der Waals surface area contributed by atoms with Crippen molar-refractivity contribution in [1.29, 1.82) is 5.26 Å². The highest BCUT2D eigenvalue weighted by Gasteiger charge is 2.27. The van der Waals surface area contributed by atoms with Gasteiger partial charge in [-0.2, -0.15) is 5.26 Å². The van der Waals surface area contributed by atoms with Crippen molar-refractivity contribution in [2.45, 2.75) is 36.2 Å². The molecule has 1 N–H and O–H groups in total. The first-order chi connectivity index (χ1) is 10.7. The van der Waals surface area contributed by atoms with E-state index in [0.29, 0.717) is 17.3 Å². The van der Waals surface area contributed by atoms with Gasteiger partial charge in [-0.25, -0.2) is 4.98 Å². The first-order valence-electron chi connectivity index (χ1n) is 7.18. The molecule has 112 valence electrons. The Balaban J connectivity index is 1.67. The van der Waals surface area contributed by atoms with E-state index < -0.39 is 0 Å². The highest BCUT2D eigenvalue weighted by molar-refractivity contribution is 8.00. The summed E-state index contributed by atoms with van der Waals surface area (Å²) in [6.07, 6.45) is 6.10. The maximum atomic E-state index is 12.3. The lowest BCUT2D eigenvalue weighted by Crippen LogP contribution is -2.23. The summed E-state index contributed by atoms with van der Waals surface area (Å²) < 4.78 is 2.14. The second kappa shape index (κ2) is 6.24. The van der Waals surface area contributed by atoms with E-state index in [1.165, 1.54) is 24.6 Å². The first kappa shape index (κ1) is 14.7. The smallest absolute Gasteiger partial charge is 0.237 e. The Kier molecular flexibility index (Phi) is 4.16. The van der Waals surface area contributed by atoms with Crippen molar-refractivity contribution in [2.75, 3.05) is 5.32 Å². The van der Waals surface area contributed by atoms with Gasteiger partial charge in [0.1, 0.15) is 6.07 Å². The van der Waals surface area contributed by atoms with Gasteiger partial charge in [0.15, 0.2) is 5.16 Å². The molecule has 22 heavy (non-hydrogen) atoms. The maximum absolute atomic E-state index is 12.3. The van der Waals surface area contributed by atoms with Crippen LogP contribution in [0.3, 0.4) is 0 Å². The minimum Gasteiger partial charge on any atom is -0.324 e. The van der Waals surface area contributed by atoms with Crippen molar-refractivity contribution in [3.8, 4) is 6.07 Å². The number of carbonyl (C=O) groups is 1. The Morgan fingerprint density at radius 1 is 1.50 bits per heavy atom. The largest absolute Gasteiger partial charge is 0.324 e. The molecule has 2 aromatic rings. The Morgan fingerprint density at radius 3 is 3.00 bits per heavy atom. The number of hydrogen-bond acceptors (Lipinski definition) is 4. The molecule has 1 aromatic carbocycles. The Labute approximate surface area is 133 Å². The summed E-state index contributed by atoms with van der Waals surface area (Å²) in [5, 5.41) is 12.5. The van der Waals surface area contributed by atoms with Crippen molar-refractivity contribution in [2.24, 2.45) is 0 Å². The molecule has 1 aromatic heterocycles. The Morgan fingerprint density at radius 2 is 2.27 bits per heavy atom. The summed E-state index contributed by atoms with van der Waals surface area (Å²) in [6.45, 7) is 1.85. The van der Waals surface area contributed by atoms with Crippen LogP contribution in [0.25, 0.3) is 0 Å². The minimum absolute atomic E-state index is 0.127. The SMILES string of the molecule is C[C@@H](Sc1nccn1C1CC1)C(=O)Nc1ccccc1C#N. The van der Waals surface area contributed by atoms with Gasteiger partial charge in [0, 0.05) is 18.4 Å². The summed E-state index contributed by atoms with van der Waals surface area (Å²) in [7, 11) is 0. The van der Waals surface area contributed by atoms with Gasteiger partial charge >= 0.3 is 0 Å². The molecule has 6 heteroatoms. The average Bonchev–Trinajstić information content (AvgIpc) is 3.27. The molecule has 5 nitrogen and oxygen atoms in total. The average molecular weight is 312 g/mol. The molecular formula is C16H16N4OS. The van der Waals surface area contributed by atoms with Crippen LogP contribution in [-0.2, 0) is 4.79 Å². The number of thioether (sulfide) groups is 1. The van der Waals surface area contributed by atoms with Crippen LogP contribution in [-0.4, -0.2) is 20.7 Å². The summed E-state index contributed by atoms with van der Waals surface area (Å²) in [6, 6.07) is 9.62. The van der Waals surface area contributed by atoms with E-state index in [4.69, 9.17) is 5.26 Å². The van der Waals surface area contributed by atoms with Crippen molar-refractivity contribution in [3.63, 3.8) is 0 Å². The minimum atomic E-state index is -0.286. The van der Waals surface area contributed by atoms with E-state index in [9.17, 15) is 4.79 Å². The zero-order chi connectivity index (χ0) is 15.5. The molecule has 1 saturated carbocycles. The summed E-state index contributed by atoms with van der Waals surface area (Å²) in [5.41, 5.74) is 1.01. The van der Waals surface area contributed by atoms with Crippen molar-refractivity contribution < 1.29 is 4.79 Å². The predicted molar refractivity (Wildman–Crippen MR) is 85.6 cm³/mol. The van der Waals surface area contributed by atoms with Crippen LogP contribution in [0.2, 0.25) is 0 Å². The lowest BCUT2D eigenvalue weighted by molar-refractivity contribution is -0.115. The van der Waals surface area contributed by atoms with Gasteiger partial charge in [-0.3, -0.25) is 4.79 Å². The predicted octanol–water partition coefficient (Wildman–Crippen LogP) is 3.21. The molecular weight excluding hydrogens is 296 g/mol. The second-order valence-electron chi connectivity index (χ2n) is 5.25. The highest BCUT2D eigenvalue weighted by Crippen LogP contribution is 2.38. The van der Waals surface area contributed by atoms with Crippen LogP contribution >= 0.6 is 11.8 Å². The third-order valence-electron chi connectivity index (χ3n) is 3.53. The van der Waals surface area contributed by atoms with Crippen LogP contribution in [0.4, 0.5) is 5.69 Å². The molecule has 0 spiro atoms. The van der Waals surface area contributed by atoms with Crippen molar-refractivity contribution in [3.05, 3.63) is 42.2 Å². The molecule has 0 bridgehead atoms. The van der Waals surface area contributed by atoms with Gasteiger partial charge in [-0.15, -0.1) is 0 Å². The molecule has 1 atom stereocenters. The maximum Gasteiger partial charge on any atom is 0.237 e. The van der Waals surface area contributed by atoms with Gasteiger partial charge in [0.2, 0.25) is 5.91 Å². The molecule has 1 aliphatic rings. The van der Waals surface area contributed by atoms with Crippen molar-refractivity contribution in [1.82, 2.24) is 9.55 Å².